The van der Waals surface area contributed by atoms with Gasteiger partial charge in [-0.2, -0.15) is 0 Å². The van der Waals surface area contributed by atoms with Gasteiger partial charge in [0.15, 0.2) is 12.2 Å². The third-order valence-electron chi connectivity index (χ3n) is 19.8. The summed E-state index contributed by atoms with van der Waals surface area (Å²) in [5.41, 5.74) is 0. The van der Waals surface area contributed by atoms with E-state index in [0.29, 0.717) is 25.7 Å². The third kappa shape index (κ3) is 74.9. The molecule has 0 saturated heterocycles. The molecule has 0 aliphatic carbocycles. The molecule has 19 heteroatoms. The van der Waals surface area contributed by atoms with Gasteiger partial charge in [-0.3, -0.25) is 37.3 Å². The Morgan fingerprint density at radius 3 is 0.745 bits per heavy atom. The lowest BCUT2D eigenvalue weighted by atomic mass is 9.99. The molecule has 0 bridgehead atoms. The van der Waals surface area contributed by atoms with Crippen LogP contribution in [0.25, 0.3) is 0 Å². The highest BCUT2D eigenvalue weighted by Gasteiger charge is 2.30. The second-order valence-electron chi connectivity index (χ2n) is 30.6. The second-order valence-corrected chi connectivity index (χ2v) is 33.5. The molecule has 0 aromatic heterocycles. The lowest BCUT2D eigenvalue weighted by Crippen LogP contribution is -2.30. The number of carbonyl (C=O) groups is 4. The van der Waals surface area contributed by atoms with Crippen molar-refractivity contribution in [3.05, 3.63) is 0 Å². The summed E-state index contributed by atoms with van der Waals surface area (Å²) in [5.74, 6) is -0.499. The monoisotopic (exact) mass is 1490 g/mol. The predicted octanol–water partition coefficient (Wildman–Crippen LogP) is 25.1. The van der Waals surface area contributed by atoms with Crippen molar-refractivity contribution in [3.63, 3.8) is 0 Å². The van der Waals surface area contributed by atoms with Gasteiger partial charge in [0.2, 0.25) is 0 Å². The summed E-state index contributed by atoms with van der Waals surface area (Å²) in [6, 6.07) is 0. The number of ether oxygens (including phenoxy) is 4. The van der Waals surface area contributed by atoms with Crippen molar-refractivity contribution in [1.29, 1.82) is 0 Å². The zero-order chi connectivity index (χ0) is 74.9. The molecule has 6 atom stereocenters. The largest absolute Gasteiger partial charge is 0.472 e. The Kier molecular flexibility index (Phi) is 73.1. The predicted molar refractivity (Wildman–Crippen MR) is 418 cm³/mol. The fourth-order valence-corrected chi connectivity index (χ4v) is 14.4. The summed E-state index contributed by atoms with van der Waals surface area (Å²) in [6.45, 7) is 9.71. The molecule has 3 N–H and O–H groups in total. The molecule has 0 amide bonds. The molecule has 3 unspecified atom stereocenters. The molecule has 0 aromatic carbocycles. The number of unbranched alkanes of at least 4 members (excludes halogenated alkanes) is 51. The highest BCUT2D eigenvalue weighted by atomic mass is 31.2. The number of aliphatic hydroxyl groups excluding tert-OH is 1. The quantitative estimate of drug-likeness (QED) is 0.0222. The van der Waals surface area contributed by atoms with E-state index in [2.05, 4.69) is 41.5 Å². The number of phosphoric acid groups is 2. The van der Waals surface area contributed by atoms with Gasteiger partial charge < -0.3 is 33.8 Å². The topological polar surface area (TPSA) is 237 Å². The minimum atomic E-state index is -4.96. The van der Waals surface area contributed by atoms with Crippen LogP contribution >= 0.6 is 15.6 Å². The fraction of sp³-hybridized carbons (Fsp3) is 0.952. The molecular formula is C83H162O17P2. The summed E-state index contributed by atoms with van der Waals surface area (Å²) in [5, 5.41) is 10.7. The van der Waals surface area contributed by atoms with Gasteiger partial charge in [-0.1, -0.05) is 388 Å². The number of esters is 4. The van der Waals surface area contributed by atoms with Gasteiger partial charge in [0.05, 0.1) is 26.4 Å². The van der Waals surface area contributed by atoms with Crippen molar-refractivity contribution < 1.29 is 80.2 Å². The van der Waals surface area contributed by atoms with Crippen LogP contribution in [-0.2, 0) is 65.4 Å². The van der Waals surface area contributed by atoms with Crippen LogP contribution < -0.4 is 0 Å². The van der Waals surface area contributed by atoms with E-state index >= 15 is 0 Å². The Morgan fingerprint density at radius 1 is 0.284 bits per heavy atom. The standard InChI is InChI=1S/C83H162O17P2/c1-7-10-12-14-16-18-20-22-24-25-26-31-34-41-47-53-59-65-80(85)93-71-78(99-83(88)68-62-56-50-44-36-32-28-27-29-33-40-46-52-58-64-76(6)9-3)73-97-101(89,90)95-69-77(84)70-96-102(91,92)98-74-79(72-94-81(86)66-60-54-48-42-38-37-39-45-51-57-63-75(4)5)100-82(87)67-61-55-49-43-35-30-23-21-19-17-15-13-11-8-2/h75-79,84H,7-74H2,1-6H3,(H,89,90)(H,91,92)/t76?,77-,78-,79-/m1/s1. The zero-order valence-corrected chi connectivity index (χ0v) is 68.7. The molecule has 0 saturated carbocycles. The number of hydrogen-bond donors (Lipinski definition) is 3. The minimum absolute atomic E-state index is 0.108. The third-order valence-corrected chi connectivity index (χ3v) is 21.7. The van der Waals surface area contributed by atoms with Crippen LogP contribution in [-0.4, -0.2) is 96.7 Å². The Labute approximate surface area is 626 Å². The molecule has 0 spiro atoms. The van der Waals surface area contributed by atoms with Crippen molar-refractivity contribution in [2.24, 2.45) is 11.8 Å². The molecule has 0 aliphatic heterocycles. The average Bonchev–Trinajstić information content (AvgIpc) is 0.913. The lowest BCUT2D eigenvalue weighted by molar-refractivity contribution is -0.161. The molecule has 102 heavy (non-hydrogen) atoms. The summed E-state index contributed by atoms with van der Waals surface area (Å²) >= 11 is 0. The van der Waals surface area contributed by atoms with Crippen molar-refractivity contribution in [1.82, 2.24) is 0 Å². The number of phosphoric ester groups is 2. The molecule has 606 valence electrons. The van der Waals surface area contributed by atoms with Gasteiger partial charge in [-0.05, 0) is 37.5 Å². The average molecular weight is 1490 g/mol. The van der Waals surface area contributed by atoms with E-state index in [-0.39, 0.29) is 25.7 Å². The van der Waals surface area contributed by atoms with E-state index in [4.69, 9.17) is 37.0 Å². The highest BCUT2D eigenvalue weighted by Crippen LogP contribution is 2.45. The molecule has 0 aliphatic rings. The van der Waals surface area contributed by atoms with Crippen molar-refractivity contribution in [3.8, 4) is 0 Å². The van der Waals surface area contributed by atoms with Crippen LogP contribution in [0.1, 0.15) is 440 Å². The first-order valence-corrected chi connectivity index (χ1v) is 46.0. The number of aliphatic hydroxyl groups is 1. The highest BCUT2D eigenvalue weighted by molar-refractivity contribution is 7.47. The summed E-state index contributed by atoms with van der Waals surface area (Å²) in [7, 11) is -9.92. The van der Waals surface area contributed by atoms with Gasteiger partial charge in [0, 0.05) is 25.7 Å². The maximum Gasteiger partial charge on any atom is 0.472 e. The first kappa shape index (κ1) is 100. The van der Waals surface area contributed by atoms with Crippen molar-refractivity contribution in [2.75, 3.05) is 39.6 Å². The number of carbonyl (C=O) groups excluding carboxylic acids is 4. The normalized spacial score (nSPS) is 14.1. The maximum absolute atomic E-state index is 13.1. The molecular weight excluding hydrogens is 1330 g/mol. The molecule has 0 radical (unpaired) electrons. The van der Waals surface area contributed by atoms with E-state index in [9.17, 15) is 43.2 Å². The summed E-state index contributed by atoms with van der Waals surface area (Å²) in [6.07, 6.45) is 65.0. The first-order valence-electron chi connectivity index (χ1n) is 43.0. The Morgan fingerprint density at radius 2 is 0.500 bits per heavy atom. The van der Waals surface area contributed by atoms with E-state index in [1.807, 2.05) is 0 Å². The molecule has 0 aromatic rings. The fourth-order valence-electron chi connectivity index (χ4n) is 12.9. The van der Waals surface area contributed by atoms with Crippen LogP contribution in [0.2, 0.25) is 0 Å². The van der Waals surface area contributed by atoms with Gasteiger partial charge in [0.25, 0.3) is 0 Å². The molecule has 0 fully saturated rings. The summed E-state index contributed by atoms with van der Waals surface area (Å²) < 4.78 is 68.8. The Bertz CT molecular complexity index is 1960. The molecule has 17 nitrogen and oxygen atoms in total. The van der Waals surface area contributed by atoms with E-state index in [1.54, 1.807) is 0 Å². The van der Waals surface area contributed by atoms with E-state index in [1.165, 1.54) is 257 Å². The van der Waals surface area contributed by atoms with Crippen LogP contribution in [0, 0.1) is 11.8 Å². The Hall–Kier alpha value is -1.94. The van der Waals surface area contributed by atoms with Gasteiger partial charge >= 0.3 is 39.5 Å². The number of rotatable bonds is 82. The second kappa shape index (κ2) is 74.5. The van der Waals surface area contributed by atoms with Gasteiger partial charge in [-0.25, -0.2) is 9.13 Å². The van der Waals surface area contributed by atoms with Crippen molar-refractivity contribution >= 4 is 39.5 Å². The Balaban J connectivity index is 5.27. The summed E-state index contributed by atoms with van der Waals surface area (Å²) in [4.78, 5) is 73.2. The number of hydrogen-bond acceptors (Lipinski definition) is 15. The van der Waals surface area contributed by atoms with Crippen LogP contribution in [0.4, 0.5) is 0 Å². The molecule has 0 heterocycles. The molecule has 0 rings (SSSR count). The maximum atomic E-state index is 13.1. The minimum Gasteiger partial charge on any atom is -0.462 e. The van der Waals surface area contributed by atoms with Crippen molar-refractivity contribution in [2.45, 2.75) is 458 Å². The SMILES string of the molecule is CCCCCCCCCCCCCCCCCCCC(=O)OC[C@H](COP(=O)(O)OC[C@@H](O)COP(=O)(O)OC[C@@H](COC(=O)CCCCCCCCCCCCC(C)C)OC(=O)CCCCCCCCCCCCCCCC)OC(=O)CCCCCCCCCCCCCCCCC(C)CC. The first-order chi connectivity index (χ1) is 49.4. The smallest absolute Gasteiger partial charge is 0.462 e. The van der Waals surface area contributed by atoms with Gasteiger partial charge in [-0.15, -0.1) is 0 Å². The van der Waals surface area contributed by atoms with Crippen LogP contribution in [0.15, 0.2) is 0 Å². The van der Waals surface area contributed by atoms with Crippen LogP contribution in [0.3, 0.4) is 0 Å². The van der Waals surface area contributed by atoms with E-state index in [0.717, 1.165) is 102 Å². The zero-order valence-electron chi connectivity index (χ0n) is 66.9. The lowest BCUT2D eigenvalue weighted by Gasteiger charge is -2.21. The van der Waals surface area contributed by atoms with Crippen LogP contribution in [0.5, 0.6) is 0 Å². The van der Waals surface area contributed by atoms with E-state index < -0.39 is 97.5 Å². The van der Waals surface area contributed by atoms with Gasteiger partial charge in [0.1, 0.15) is 19.3 Å².